The zero-order valence-corrected chi connectivity index (χ0v) is 18.8. The number of amides is 4. The molecule has 0 radical (unpaired) electrons. The fourth-order valence-electron chi connectivity index (χ4n) is 4.26. The van der Waals surface area contributed by atoms with Crippen LogP contribution in [0.1, 0.15) is 32.6 Å². The summed E-state index contributed by atoms with van der Waals surface area (Å²) < 4.78 is 0. The minimum atomic E-state index is -0.863. The van der Waals surface area contributed by atoms with Crippen LogP contribution in [0.3, 0.4) is 0 Å². The van der Waals surface area contributed by atoms with E-state index in [0.717, 1.165) is 34.0 Å². The highest BCUT2D eigenvalue weighted by atomic mass is 35.5. The van der Waals surface area contributed by atoms with Crippen molar-refractivity contribution < 1.29 is 14.4 Å². The topological polar surface area (TPSA) is 78.5 Å². The second-order valence-electron chi connectivity index (χ2n) is 8.04. The summed E-state index contributed by atoms with van der Waals surface area (Å²) in [4.78, 5) is 41.2. The van der Waals surface area contributed by atoms with Crippen LogP contribution in [0.15, 0.2) is 58.3 Å². The summed E-state index contributed by atoms with van der Waals surface area (Å²) in [5.41, 5.74) is -0.238. The van der Waals surface area contributed by atoms with Crippen LogP contribution in [0.5, 0.6) is 0 Å². The molecule has 0 aromatic heterocycles. The molecule has 1 heterocycles. The number of carbonyl (C=O) groups is 3. The summed E-state index contributed by atoms with van der Waals surface area (Å²) in [6, 6.07) is 14.4. The molecule has 2 aromatic carbocycles. The zero-order chi connectivity index (χ0) is 22.0. The molecule has 1 spiro atoms. The first-order chi connectivity index (χ1) is 14.9. The van der Waals surface area contributed by atoms with E-state index in [0.29, 0.717) is 17.1 Å². The zero-order valence-electron chi connectivity index (χ0n) is 17.2. The Morgan fingerprint density at radius 3 is 2.68 bits per heavy atom. The molecule has 162 valence electrons. The highest BCUT2D eigenvalue weighted by molar-refractivity contribution is 7.99. The molecule has 2 aliphatic rings. The Bertz CT molecular complexity index is 1010. The van der Waals surface area contributed by atoms with Crippen LogP contribution in [0, 0.1) is 5.92 Å². The number of nitrogens with one attached hydrogen (secondary N) is 2. The van der Waals surface area contributed by atoms with Crippen molar-refractivity contribution in [1.29, 1.82) is 0 Å². The number of imide groups is 1. The molecule has 1 aliphatic heterocycles. The van der Waals surface area contributed by atoms with Crippen molar-refractivity contribution in [2.24, 2.45) is 5.92 Å². The number of halogens is 1. The number of hydrogen-bond acceptors (Lipinski definition) is 4. The van der Waals surface area contributed by atoms with Gasteiger partial charge in [0, 0.05) is 14.8 Å². The van der Waals surface area contributed by atoms with Gasteiger partial charge in [-0.25, -0.2) is 4.79 Å². The van der Waals surface area contributed by atoms with Crippen LogP contribution >= 0.6 is 23.4 Å². The summed E-state index contributed by atoms with van der Waals surface area (Å²) in [7, 11) is 0. The molecular formula is C23H24ClN3O3S. The maximum Gasteiger partial charge on any atom is 0.325 e. The third kappa shape index (κ3) is 4.43. The van der Waals surface area contributed by atoms with Gasteiger partial charge in [-0.3, -0.25) is 14.5 Å². The first kappa shape index (κ1) is 21.7. The number of anilines is 1. The predicted octanol–water partition coefficient (Wildman–Crippen LogP) is 4.93. The number of urea groups is 1. The first-order valence-electron chi connectivity index (χ1n) is 10.4. The number of benzene rings is 2. The Balaban J connectivity index is 1.45. The summed E-state index contributed by atoms with van der Waals surface area (Å²) in [5.74, 6) is -0.640. The van der Waals surface area contributed by atoms with Crippen molar-refractivity contribution in [3.8, 4) is 0 Å². The molecule has 6 nitrogen and oxygen atoms in total. The molecule has 4 amide bonds. The van der Waals surface area contributed by atoms with Gasteiger partial charge >= 0.3 is 6.03 Å². The molecule has 2 aromatic rings. The van der Waals surface area contributed by atoms with Gasteiger partial charge in [-0.2, -0.15) is 0 Å². The lowest BCUT2D eigenvalue weighted by molar-refractivity contribution is -0.136. The van der Waals surface area contributed by atoms with Gasteiger partial charge in [0.2, 0.25) is 5.91 Å². The Kier molecular flexibility index (Phi) is 6.25. The Morgan fingerprint density at radius 1 is 1.19 bits per heavy atom. The maximum atomic E-state index is 13.1. The van der Waals surface area contributed by atoms with Gasteiger partial charge in [0.05, 0.1) is 5.69 Å². The van der Waals surface area contributed by atoms with Gasteiger partial charge in [0.15, 0.2) is 0 Å². The second kappa shape index (κ2) is 8.93. The monoisotopic (exact) mass is 457 g/mol. The van der Waals surface area contributed by atoms with Gasteiger partial charge in [0.1, 0.15) is 12.1 Å². The average Bonchev–Trinajstić information content (AvgIpc) is 2.98. The van der Waals surface area contributed by atoms with E-state index < -0.39 is 17.5 Å². The number of nitrogens with zero attached hydrogens (tertiary/aromatic N) is 1. The standard InChI is InChI=1S/C23H24ClN3O3S/c1-15-6-4-5-13-23(15)21(29)27(22(30)26-23)14-20(28)25-18-7-2-3-8-19(18)31-17-11-9-16(24)10-12-17/h2-3,7-12,15H,4-6,13-14H2,1H3,(H,25,28)(H,26,30)/t15-,23-/m0/s1. The van der Waals surface area contributed by atoms with E-state index in [-0.39, 0.29) is 18.4 Å². The van der Waals surface area contributed by atoms with E-state index in [2.05, 4.69) is 10.6 Å². The van der Waals surface area contributed by atoms with Crippen LogP contribution in [0.2, 0.25) is 5.02 Å². The Hall–Kier alpha value is -2.51. The van der Waals surface area contributed by atoms with E-state index in [1.165, 1.54) is 11.8 Å². The minimum absolute atomic E-state index is 0.0577. The Labute approximate surface area is 190 Å². The van der Waals surface area contributed by atoms with Crippen molar-refractivity contribution in [3.63, 3.8) is 0 Å². The van der Waals surface area contributed by atoms with E-state index in [4.69, 9.17) is 11.6 Å². The molecule has 31 heavy (non-hydrogen) atoms. The van der Waals surface area contributed by atoms with Crippen molar-refractivity contribution in [1.82, 2.24) is 10.2 Å². The van der Waals surface area contributed by atoms with Crippen LogP contribution < -0.4 is 10.6 Å². The Morgan fingerprint density at radius 2 is 1.94 bits per heavy atom. The van der Waals surface area contributed by atoms with E-state index in [9.17, 15) is 14.4 Å². The van der Waals surface area contributed by atoms with Gasteiger partial charge in [0.25, 0.3) is 5.91 Å². The predicted molar refractivity (Wildman–Crippen MR) is 121 cm³/mol. The minimum Gasteiger partial charge on any atom is -0.323 e. The van der Waals surface area contributed by atoms with Crippen LogP contribution in [-0.2, 0) is 9.59 Å². The second-order valence-corrected chi connectivity index (χ2v) is 9.59. The van der Waals surface area contributed by atoms with Gasteiger partial charge < -0.3 is 10.6 Å². The van der Waals surface area contributed by atoms with Gasteiger partial charge in [-0.15, -0.1) is 0 Å². The molecular weight excluding hydrogens is 434 g/mol. The molecule has 2 fully saturated rings. The number of hydrogen-bond donors (Lipinski definition) is 2. The van der Waals surface area contributed by atoms with Crippen LogP contribution in [0.25, 0.3) is 0 Å². The maximum absolute atomic E-state index is 13.1. The molecule has 2 N–H and O–H groups in total. The lowest BCUT2D eigenvalue weighted by atomic mass is 9.73. The van der Waals surface area contributed by atoms with Crippen LogP contribution in [-0.4, -0.2) is 34.8 Å². The smallest absolute Gasteiger partial charge is 0.323 e. The lowest BCUT2D eigenvalue weighted by Crippen LogP contribution is -2.54. The molecule has 4 rings (SSSR count). The molecule has 1 aliphatic carbocycles. The van der Waals surface area contributed by atoms with Crippen LogP contribution in [0.4, 0.5) is 10.5 Å². The fraction of sp³-hybridized carbons (Fsp3) is 0.348. The SMILES string of the molecule is C[C@H]1CCCC[C@]12NC(=O)N(CC(=O)Nc1ccccc1Sc1ccc(Cl)cc1)C2=O. The van der Waals surface area contributed by atoms with Gasteiger partial charge in [-0.05, 0) is 55.2 Å². The molecule has 2 atom stereocenters. The van der Waals surface area contributed by atoms with Crippen molar-refractivity contribution in [2.45, 2.75) is 47.9 Å². The third-order valence-electron chi connectivity index (χ3n) is 6.01. The van der Waals surface area contributed by atoms with Crippen molar-refractivity contribution in [2.75, 3.05) is 11.9 Å². The summed E-state index contributed by atoms with van der Waals surface area (Å²) in [6.45, 7) is 1.68. The number of para-hydroxylation sites is 1. The highest BCUT2D eigenvalue weighted by Crippen LogP contribution is 2.38. The van der Waals surface area contributed by atoms with Gasteiger partial charge in [-0.1, -0.05) is 55.3 Å². The number of rotatable bonds is 5. The molecule has 0 unspecified atom stereocenters. The molecule has 1 saturated heterocycles. The summed E-state index contributed by atoms with van der Waals surface area (Å²) in [5, 5.41) is 6.39. The van der Waals surface area contributed by atoms with E-state index in [1.807, 2.05) is 49.4 Å². The van der Waals surface area contributed by atoms with E-state index >= 15 is 0 Å². The first-order valence-corrected chi connectivity index (χ1v) is 11.5. The lowest BCUT2D eigenvalue weighted by Gasteiger charge is -2.36. The highest BCUT2D eigenvalue weighted by Gasteiger charge is 2.55. The quantitative estimate of drug-likeness (QED) is 0.624. The normalized spacial score (nSPS) is 23.2. The molecule has 8 heteroatoms. The average molecular weight is 458 g/mol. The van der Waals surface area contributed by atoms with Crippen molar-refractivity contribution >= 4 is 46.9 Å². The van der Waals surface area contributed by atoms with Crippen molar-refractivity contribution in [3.05, 3.63) is 53.6 Å². The van der Waals surface area contributed by atoms with E-state index in [1.54, 1.807) is 6.07 Å². The molecule has 1 saturated carbocycles. The largest absolute Gasteiger partial charge is 0.325 e. The fourth-order valence-corrected chi connectivity index (χ4v) is 5.29. The number of carbonyl (C=O) groups excluding carboxylic acids is 3. The third-order valence-corrected chi connectivity index (χ3v) is 7.34. The summed E-state index contributed by atoms with van der Waals surface area (Å²) >= 11 is 7.44. The summed E-state index contributed by atoms with van der Waals surface area (Å²) in [6.07, 6.45) is 3.46. The molecule has 0 bridgehead atoms.